The maximum atomic E-state index is 13.6. The molecule has 0 spiro atoms. The molecule has 0 N–H and O–H groups in total. The van der Waals surface area contributed by atoms with Gasteiger partial charge in [-0.25, -0.2) is 14.4 Å². The second-order valence-corrected chi connectivity index (χ2v) is 4.43. The fourth-order valence-corrected chi connectivity index (χ4v) is 1.63. The van der Waals surface area contributed by atoms with Gasteiger partial charge in [-0.3, -0.25) is 10.1 Å². The topological polar surface area (TPSA) is 78.2 Å². The molecule has 0 fully saturated rings. The van der Waals surface area contributed by atoms with Gasteiger partial charge in [-0.05, 0) is 22.6 Å². The van der Waals surface area contributed by atoms with Crippen molar-refractivity contribution < 1.29 is 18.4 Å². The van der Waals surface area contributed by atoms with Crippen molar-refractivity contribution in [2.24, 2.45) is 0 Å². The summed E-state index contributed by atoms with van der Waals surface area (Å²) in [6, 6.07) is 1.06. The van der Waals surface area contributed by atoms with Crippen LogP contribution in [0.25, 0.3) is 0 Å². The van der Waals surface area contributed by atoms with Gasteiger partial charge in [-0.1, -0.05) is 0 Å². The molecular formula is C10H4F2IN3O3. The number of benzene rings is 1. The van der Waals surface area contributed by atoms with Crippen molar-refractivity contribution in [3.8, 4) is 11.6 Å². The van der Waals surface area contributed by atoms with Gasteiger partial charge in [0.1, 0.15) is 6.33 Å². The van der Waals surface area contributed by atoms with Crippen LogP contribution in [-0.2, 0) is 0 Å². The van der Waals surface area contributed by atoms with E-state index in [1.54, 1.807) is 0 Å². The van der Waals surface area contributed by atoms with Crippen molar-refractivity contribution in [2.45, 2.75) is 0 Å². The van der Waals surface area contributed by atoms with Crippen LogP contribution >= 0.6 is 22.6 Å². The summed E-state index contributed by atoms with van der Waals surface area (Å²) in [5.74, 6) is -2.70. The minimum Gasteiger partial charge on any atom is -0.435 e. The van der Waals surface area contributed by atoms with Gasteiger partial charge < -0.3 is 4.74 Å². The van der Waals surface area contributed by atoms with E-state index >= 15 is 0 Å². The van der Waals surface area contributed by atoms with E-state index in [0.29, 0.717) is 15.7 Å². The van der Waals surface area contributed by atoms with E-state index in [4.69, 9.17) is 4.74 Å². The van der Waals surface area contributed by atoms with E-state index in [1.165, 1.54) is 12.5 Å². The number of hydrogen-bond acceptors (Lipinski definition) is 5. The van der Waals surface area contributed by atoms with Gasteiger partial charge >= 0.3 is 5.69 Å². The van der Waals surface area contributed by atoms with Gasteiger partial charge in [0.25, 0.3) is 0 Å². The van der Waals surface area contributed by atoms with Crippen LogP contribution in [0.3, 0.4) is 0 Å². The predicted molar refractivity (Wildman–Crippen MR) is 67.8 cm³/mol. The van der Waals surface area contributed by atoms with E-state index in [1.807, 2.05) is 22.6 Å². The molecule has 98 valence electrons. The maximum Gasteiger partial charge on any atom is 0.307 e. The molecule has 0 radical (unpaired) electrons. The quantitative estimate of drug-likeness (QED) is 0.466. The van der Waals surface area contributed by atoms with Gasteiger partial charge in [0, 0.05) is 12.3 Å². The highest BCUT2D eigenvalue weighted by molar-refractivity contribution is 14.1. The Morgan fingerprint density at radius 1 is 1.32 bits per heavy atom. The molecule has 1 aromatic heterocycles. The third-order valence-corrected chi connectivity index (χ3v) is 2.78. The summed E-state index contributed by atoms with van der Waals surface area (Å²) in [4.78, 5) is 16.9. The molecule has 0 saturated carbocycles. The van der Waals surface area contributed by atoms with E-state index in [9.17, 15) is 18.9 Å². The smallest absolute Gasteiger partial charge is 0.307 e. The number of hydrogen-bond donors (Lipinski definition) is 0. The number of aromatic nitrogens is 2. The van der Waals surface area contributed by atoms with Crippen LogP contribution in [0.15, 0.2) is 24.7 Å². The van der Waals surface area contributed by atoms with E-state index in [0.717, 1.165) is 0 Å². The first-order valence-corrected chi connectivity index (χ1v) is 5.83. The summed E-state index contributed by atoms with van der Waals surface area (Å²) in [6.07, 6.45) is 2.60. The van der Waals surface area contributed by atoms with Crippen LogP contribution < -0.4 is 4.74 Å². The maximum absolute atomic E-state index is 13.6. The standard InChI is InChI=1S/C10H4F2IN3O3/c11-5-2-9(6(12)1-8(5)16(17)18)19-10-7(13)3-14-4-15-10/h1-4H. The largest absolute Gasteiger partial charge is 0.435 e. The lowest BCUT2D eigenvalue weighted by atomic mass is 10.3. The summed E-state index contributed by atoms with van der Waals surface area (Å²) in [7, 11) is 0. The number of nitrogens with zero attached hydrogens (tertiary/aromatic N) is 3. The number of rotatable bonds is 3. The molecule has 0 aliphatic carbocycles. The molecule has 0 aliphatic heterocycles. The zero-order valence-electron chi connectivity index (χ0n) is 9.01. The average molecular weight is 379 g/mol. The molecule has 2 aromatic rings. The molecule has 0 aliphatic rings. The minimum atomic E-state index is -1.19. The highest BCUT2D eigenvalue weighted by Gasteiger charge is 2.20. The van der Waals surface area contributed by atoms with Crippen LogP contribution in [0.4, 0.5) is 14.5 Å². The summed E-state index contributed by atoms with van der Waals surface area (Å²) in [5, 5.41) is 10.4. The molecular weight excluding hydrogens is 375 g/mol. The molecule has 6 nitrogen and oxygen atoms in total. The van der Waals surface area contributed by atoms with Crippen LogP contribution in [0.5, 0.6) is 11.6 Å². The van der Waals surface area contributed by atoms with Crippen molar-refractivity contribution in [1.29, 1.82) is 0 Å². The molecule has 9 heteroatoms. The van der Waals surface area contributed by atoms with E-state index in [2.05, 4.69) is 9.97 Å². The SMILES string of the molecule is O=[N+]([O-])c1cc(F)c(Oc2ncncc2I)cc1F. The Balaban J connectivity index is 2.39. The number of ether oxygens (including phenoxy) is 1. The number of nitro benzene ring substituents is 1. The number of halogens is 3. The average Bonchev–Trinajstić information content (AvgIpc) is 2.35. The lowest BCUT2D eigenvalue weighted by Gasteiger charge is -2.07. The van der Waals surface area contributed by atoms with E-state index < -0.39 is 28.0 Å². The third kappa shape index (κ3) is 2.92. The van der Waals surface area contributed by atoms with Crippen molar-refractivity contribution in [2.75, 3.05) is 0 Å². The molecule has 0 amide bonds. The van der Waals surface area contributed by atoms with Crippen molar-refractivity contribution in [1.82, 2.24) is 9.97 Å². The Hall–Kier alpha value is -1.91. The molecule has 19 heavy (non-hydrogen) atoms. The van der Waals surface area contributed by atoms with E-state index in [-0.39, 0.29) is 5.88 Å². The monoisotopic (exact) mass is 379 g/mol. The summed E-state index contributed by atoms with van der Waals surface area (Å²) in [6.45, 7) is 0. The van der Waals surface area contributed by atoms with Crippen molar-refractivity contribution >= 4 is 28.3 Å². The first-order chi connectivity index (χ1) is 8.99. The highest BCUT2D eigenvalue weighted by Crippen LogP contribution is 2.30. The highest BCUT2D eigenvalue weighted by atomic mass is 127. The zero-order chi connectivity index (χ0) is 14.0. The summed E-state index contributed by atoms with van der Waals surface area (Å²) in [5.41, 5.74) is -0.956. The lowest BCUT2D eigenvalue weighted by molar-refractivity contribution is -0.387. The molecule has 1 aromatic carbocycles. The van der Waals surface area contributed by atoms with Crippen LogP contribution in [-0.4, -0.2) is 14.9 Å². The van der Waals surface area contributed by atoms with Gasteiger partial charge in [-0.2, -0.15) is 4.39 Å². The first kappa shape index (κ1) is 13.5. The second kappa shape index (κ2) is 5.38. The Kier molecular flexibility index (Phi) is 3.83. The van der Waals surface area contributed by atoms with Crippen LogP contribution in [0, 0.1) is 25.3 Å². The summed E-state index contributed by atoms with van der Waals surface area (Å²) < 4.78 is 32.5. The third-order valence-electron chi connectivity index (χ3n) is 2.04. The minimum absolute atomic E-state index is 0.0303. The Bertz CT molecular complexity index is 654. The van der Waals surface area contributed by atoms with Crippen molar-refractivity contribution in [3.05, 3.63) is 50.0 Å². The molecule has 0 unspecified atom stereocenters. The van der Waals surface area contributed by atoms with Gasteiger partial charge in [0.2, 0.25) is 11.7 Å². The Morgan fingerprint density at radius 3 is 2.68 bits per heavy atom. The fraction of sp³-hybridized carbons (Fsp3) is 0. The fourth-order valence-electron chi connectivity index (χ4n) is 1.22. The lowest BCUT2D eigenvalue weighted by Crippen LogP contribution is -1.98. The molecule has 1 heterocycles. The Labute approximate surface area is 118 Å². The molecule has 0 bridgehead atoms. The summed E-state index contributed by atoms with van der Waals surface area (Å²) >= 11 is 1.85. The molecule has 0 saturated heterocycles. The number of nitro groups is 1. The zero-order valence-corrected chi connectivity index (χ0v) is 11.2. The van der Waals surface area contributed by atoms with Gasteiger partial charge in [0.15, 0.2) is 11.6 Å². The molecule has 2 rings (SSSR count). The van der Waals surface area contributed by atoms with Crippen LogP contribution in [0.2, 0.25) is 0 Å². The second-order valence-electron chi connectivity index (χ2n) is 3.27. The first-order valence-electron chi connectivity index (χ1n) is 4.76. The van der Waals surface area contributed by atoms with Gasteiger partial charge in [-0.15, -0.1) is 0 Å². The van der Waals surface area contributed by atoms with Gasteiger partial charge in [0.05, 0.1) is 14.6 Å². The van der Waals surface area contributed by atoms with Crippen molar-refractivity contribution in [3.63, 3.8) is 0 Å². The predicted octanol–water partition coefficient (Wildman–Crippen LogP) is 3.06. The Morgan fingerprint density at radius 2 is 2.05 bits per heavy atom. The molecule has 0 atom stereocenters. The van der Waals surface area contributed by atoms with Crippen LogP contribution in [0.1, 0.15) is 0 Å². The normalized spacial score (nSPS) is 10.3.